The Hall–Kier alpha value is -2.16. The van der Waals surface area contributed by atoms with Crippen molar-refractivity contribution in [1.29, 1.82) is 0 Å². The highest BCUT2D eigenvalue weighted by Crippen LogP contribution is 2.36. The maximum absolute atomic E-state index is 14.8. The number of anilines is 1. The van der Waals surface area contributed by atoms with Gasteiger partial charge < -0.3 is 14.2 Å². The quantitative estimate of drug-likeness (QED) is 0.617. The third-order valence-corrected chi connectivity index (χ3v) is 3.96. The van der Waals surface area contributed by atoms with Crippen LogP contribution in [-0.4, -0.2) is 42.9 Å². The lowest BCUT2D eigenvalue weighted by Crippen LogP contribution is -2.52. The summed E-state index contributed by atoms with van der Waals surface area (Å²) in [7, 11) is 0. The molecule has 9 heteroatoms. The fraction of sp³-hybridized carbons (Fsp3) is 0.467. The molecule has 2 atom stereocenters. The molecule has 5 nitrogen and oxygen atoms in total. The van der Waals surface area contributed by atoms with Gasteiger partial charge in [-0.1, -0.05) is 5.16 Å². The highest BCUT2D eigenvalue weighted by molar-refractivity contribution is 5.95. The van der Waals surface area contributed by atoms with E-state index in [0.29, 0.717) is 17.4 Å². The molecule has 1 aromatic carbocycles. The van der Waals surface area contributed by atoms with E-state index in [0.717, 1.165) is 0 Å². The molecule has 1 saturated heterocycles. The van der Waals surface area contributed by atoms with Crippen molar-refractivity contribution in [2.45, 2.75) is 32.2 Å². The van der Waals surface area contributed by atoms with Crippen LogP contribution in [0.3, 0.4) is 0 Å². The van der Waals surface area contributed by atoms with E-state index >= 15 is 0 Å². The van der Waals surface area contributed by atoms with E-state index in [1.165, 1.54) is 17.9 Å². The van der Waals surface area contributed by atoms with Gasteiger partial charge >= 0.3 is 6.18 Å². The number of nitrogens with zero attached hydrogens (tertiary/aromatic N) is 2. The van der Waals surface area contributed by atoms with Crippen LogP contribution < -0.4 is 4.90 Å². The Labute approximate surface area is 134 Å². The normalized spacial score (nSPS) is 22.2. The number of hydrogen-bond donors (Lipinski definition) is 0. The lowest BCUT2D eigenvalue weighted by atomic mass is 10.1. The average molecular weight is 346 g/mol. The smallest absolute Gasteiger partial charge is 0.363 e. The first kappa shape index (κ1) is 16.7. The predicted molar refractivity (Wildman–Crippen MR) is 76.7 cm³/mol. The summed E-state index contributed by atoms with van der Waals surface area (Å²) in [5.41, 5.74) is -0.0720. The van der Waals surface area contributed by atoms with Gasteiger partial charge in [0.25, 0.3) is 0 Å². The second-order valence-electron chi connectivity index (χ2n) is 5.77. The molecule has 1 fully saturated rings. The van der Waals surface area contributed by atoms with Crippen LogP contribution in [0, 0.1) is 12.7 Å². The minimum absolute atomic E-state index is 0.0168. The molecule has 2 unspecified atom stereocenters. The van der Waals surface area contributed by atoms with Crippen LogP contribution in [0.2, 0.25) is 0 Å². The maximum Gasteiger partial charge on any atom is 0.416 e. The first-order valence-corrected chi connectivity index (χ1v) is 7.23. The van der Waals surface area contributed by atoms with Crippen LogP contribution in [0.4, 0.5) is 23.2 Å². The molecule has 1 aliphatic rings. The number of ether oxygens (including phenoxy) is 1. The number of halogens is 4. The van der Waals surface area contributed by atoms with Gasteiger partial charge in [0.05, 0.1) is 24.0 Å². The Bertz CT molecular complexity index is 787. The predicted octanol–water partition coefficient (Wildman–Crippen LogP) is 3.24. The van der Waals surface area contributed by atoms with Gasteiger partial charge in [-0.05, 0) is 19.9 Å². The van der Waals surface area contributed by atoms with E-state index in [4.69, 9.17) is 9.26 Å². The average Bonchev–Trinajstić information content (AvgIpc) is 2.87. The van der Waals surface area contributed by atoms with E-state index in [-0.39, 0.29) is 23.4 Å². The third-order valence-electron chi connectivity index (χ3n) is 3.96. The van der Waals surface area contributed by atoms with Crippen LogP contribution in [0.15, 0.2) is 10.6 Å². The topological polar surface area (TPSA) is 55.6 Å². The zero-order valence-corrected chi connectivity index (χ0v) is 12.9. The van der Waals surface area contributed by atoms with E-state index < -0.39 is 30.7 Å². The summed E-state index contributed by atoms with van der Waals surface area (Å²) in [6.45, 7) is 2.45. The Morgan fingerprint density at radius 1 is 1.38 bits per heavy atom. The van der Waals surface area contributed by atoms with E-state index in [9.17, 15) is 22.4 Å². The molecule has 0 N–H and O–H groups in total. The van der Waals surface area contributed by atoms with Crippen LogP contribution in [0.5, 0.6) is 0 Å². The summed E-state index contributed by atoms with van der Waals surface area (Å²) >= 11 is 0. The molecule has 0 amide bonds. The first-order chi connectivity index (χ1) is 11.2. The number of alkyl halides is 3. The molecule has 2 aromatic rings. The van der Waals surface area contributed by atoms with E-state index in [1.54, 1.807) is 6.92 Å². The second-order valence-corrected chi connectivity index (χ2v) is 5.77. The number of aryl methyl sites for hydroxylation is 1. The lowest BCUT2D eigenvalue weighted by Gasteiger charge is -2.39. The van der Waals surface area contributed by atoms with Gasteiger partial charge in [-0.25, -0.2) is 4.39 Å². The maximum atomic E-state index is 14.8. The van der Waals surface area contributed by atoms with Crippen LogP contribution in [0.1, 0.15) is 23.0 Å². The number of aldehydes is 1. The molecule has 0 spiro atoms. The monoisotopic (exact) mass is 346 g/mol. The largest absolute Gasteiger partial charge is 0.416 e. The summed E-state index contributed by atoms with van der Waals surface area (Å²) in [5, 5.41) is 3.95. The SMILES string of the molecule is Cc1noc2c(F)c(N3CC(C)OC(C(F)(F)F)C3)c(C=O)cc12. The summed E-state index contributed by atoms with van der Waals surface area (Å²) in [5.74, 6) is -0.898. The van der Waals surface area contributed by atoms with Gasteiger partial charge in [0, 0.05) is 17.5 Å². The summed E-state index contributed by atoms with van der Waals surface area (Å²) < 4.78 is 63.6. The standard InChI is InChI=1S/C15H14F4N2O3/c1-7-4-21(5-11(23-7)15(17,18)19)13-9(6-22)3-10-8(2)20-24-14(10)12(13)16/h3,6-7,11H,4-5H2,1-2H3. The molecular weight excluding hydrogens is 332 g/mol. The Kier molecular flexibility index (Phi) is 3.98. The Morgan fingerprint density at radius 2 is 2.08 bits per heavy atom. The number of aromatic nitrogens is 1. The molecule has 130 valence electrons. The number of hydrogen-bond acceptors (Lipinski definition) is 5. The van der Waals surface area contributed by atoms with Crippen LogP contribution >= 0.6 is 0 Å². The molecule has 2 heterocycles. The van der Waals surface area contributed by atoms with Crippen molar-refractivity contribution in [3.8, 4) is 0 Å². The fourth-order valence-electron chi connectivity index (χ4n) is 2.89. The molecule has 24 heavy (non-hydrogen) atoms. The van der Waals surface area contributed by atoms with E-state index in [2.05, 4.69) is 5.16 Å². The van der Waals surface area contributed by atoms with Crippen LogP contribution in [-0.2, 0) is 4.74 Å². The van der Waals surface area contributed by atoms with Crippen molar-refractivity contribution < 1.29 is 31.6 Å². The zero-order chi connectivity index (χ0) is 17.6. The Balaban J connectivity index is 2.10. The van der Waals surface area contributed by atoms with Gasteiger partial charge in [-0.15, -0.1) is 0 Å². The molecule has 3 rings (SSSR count). The van der Waals surface area contributed by atoms with Gasteiger partial charge in [-0.2, -0.15) is 13.2 Å². The summed E-state index contributed by atoms with van der Waals surface area (Å²) in [6, 6.07) is 1.37. The highest BCUT2D eigenvalue weighted by Gasteiger charge is 2.45. The van der Waals surface area contributed by atoms with Gasteiger partial charge in [0.1, 0.15) is 0 Å². The number of carbonyl (C=O) groups is 1. The van der Waals surface area contributed by atoms with Gasteiger partial charge in [-0.3, -0.25) is 4.79 Å². The van der Waals surface area contributed by atoms with Gasteiger partial charge in [0.15, 0.2) is 18.2 Å². The van der Waals surface area contributed by atoms with Crippen molar-refractivity contribution in [1.82, 2.24) is 5.16 Å². The molecular formula is C15H14F4N2O3. The minimum atomic E-state index is -4.59. The van der Waals surface area contributed by atoms with Crippen molar-refractivity contribution in [2.75, 3.05) is 18.0 Å². The third kappa shape index (κ3) is 2.72. The number of carbonyl (C=O) groups excluding carboxylic acids is 1. The second kappa shape index (κ2) is 5.73. The lowest BCUT2D eigenvalue weighted by molar-refractivity contribution is -0.233. The number of rotatable bonds is 2. The zero-order valence-electron chi connectivity index (χ0n) is 12.9. The highest BCUT2D eigenvalue weighted by atomic mass is 19.4. The molecule has 1 aromatic heterocycles. The Morgan fingerprint density at radius 3 is 2.71 bits per heavy atom. The molecule has 0 aliphatic carbocycles. The summed E-state index contributed by atoms with van der Waals surface area (Å²) in [4.78, 5) is 12.5. The molecule has 1 aliphatic heterocycles. The number of morpholine rings is 1. The van der Waals surface area contributed by atoms with Crippen LogP contribution in [0.25, 0.3) is 11.0 Å². The summed E-state index contributed by atoms with van der Waals surface area (Å²) in [6.07, 6.45) is -7.02. The van der Waals surface area contributed by atoms with Crippen molar-refractivity contribution in [3.63, 3.8) is 0 Å². The van der Waals surface area contributed by atoms with Crippen molar-refractivity contribution in [3.05, 3.63) is 23.1 Å². The molecule has 0 bridgehead atoms. The number of benzene rings is 1. The molecule has 0 radical (unpaired) electrons. The minimum Gasteiger partial charge on any atom is -0.363 e. The van der Waals surface area contributed by atoms with E-state index in [1.807, 2.05) is 0 Å². The van der Waals surface area contributed by atoms with Crippen molar-refractivity contribution in [2.24, 2.45) is 0 Å². The number of fused-ring (bicyclic) bond motifs is 1. The molecule has 0 saturated carbocycles. The van der Waals surface area contributed by atoms with Gasteiger partial charge in [0.2, 0.25) is 5.58 Å². The first-order valence-electron chi connectivity index (χ1n) is 7.23. The van der Waals surface area contributed by atoms with Crippen molar-refractivity contribution >= 4 is 22.9 Å². The fourth-order valence-corrected chi connectivity index (χ4v) is 2.89.